The van der Waals surface area contributed by atoms with Crippen molar-refractivity contribution >= 4 is 0 Å². The molecule has 0 spiro atoms. The molecule has 9 heteroatoms. The van der Waals surface area contributed by atoms with Crippen LogP contribution in [-0.2, 0) is 20.8 Å². The van der Waals surface area contributed by atoms with Gasteiger partial charge in [0, 0.05) is 19.4 Å². The largest absolute Gasteiger partial charge is 0.394 e. The van der Waals surface area contributed by atoms with E-state index in [-0.39, 0.29) is 30.4 Å². The molecule has 0 amide bonds. The van der Waals surface area contributed by atoms with Crippen molar-refractivity contribution in [1.29, 1.82) is 0 Å². The van der Waals surface area contributed by atoms with Crippen LogP contribution in [0.1, 0.15) is 106 Å². The molecule has 2 aliphatic heterocycles. The highest BCUT2D eigenvalue weighted by Crippen LogP contribution is 2.59. The number of halogens is 1. The second-order valence-electron chi connectivity index (χ2n) is 15.1. The second kappa shape index (κ2) is 12.5. The molecule has 1 N–H and O–H groups in total. The first-order chi connectivity index (χ1) is 21.5. The average molecular weight is 629 g/mol. The Balaban J connectivity index is 1.27. The number of hydrogen-bond donors (Lipinski definition) is 1. The van der Waals surface area contributed by atoms with Crippen LogP contribution in [0.4, 0.5) is 4.39 Å². The zero-order valence-corrected chi connectivity index (χ0v) is 28.0. The predicted molar refractivity (Wildman–Crippen MR) is 170 cm³/mol. The Morgan fingerprint density at radius 3 is 2.49 bits per heavy atom. The summed E-state index contributed by atoms with van der Waals surface area (Å²) in [6.45, 7) is 13.2. The van der Waals surface area contributed by atoms with Crippen molar-refractivity contribution < 1.29 is 23.7 Å². The third kappa shape index (κ3) is 5.53. The molecule has 2 saturated heterocycles. The van der Waals surface area contributed by atoms with Gasteiger partial charge in [-0.2, -0.15) is 4.39 Å². The fourth-order valence-corrected chi connectivity index (χ4v) is 9.70. The fraction of sp³-hybridized carbons (Fsp3) is 0.778. The summed E-state index contributed by atoms with van der Waals surface area (Å²) in [6, 6.07) is 0. The number of allylic oxidation sites excluding steroid dienone is 4. The van der Waals surface area contributed by atoms with E-state index in [1.807, 2.05) is 0 Å². The number of aromatic nitrogens is 2. The molecule has 0 bridgehead atoms. The Kier molecular flexibility index (Phi) is 9.13. The van der Waals surface area contributed by atoms with Crippen molar-refractivity contribution in [3.05, 3.63) is 56.2 Å². The SMILES string of the molecule is CCCC1(CCC)OC2C(O1)[C@@H](CO)O[C@H]2n1cc(F)c(=O)n(CC2CC[C@]3(C)[C@H]4CCC(C(C)C)=CC4=CC[C@H]3[C@H]2C)c1=O. The van der Waals surface area contributed by atoms with Gasteiger partial charge in [-0.1, -0.05) is 72.1 Å². The Labute approximate surface area is 266 Å². The molecule has 8 nitrogen and oxygen atoms in total. The van der Waals surface area contributed by atoms with Gasteiger partial charge in [0.15, 0.2) is 12.0 Å². The normalized spacial score (nSPS) is 37.2. The van der Waals surface area contributed by atoms with Crippen LogP contribution in [0.3, 0.4) is 0 Å². The molecular weight excluding hydrogens is 575 g/mol. The second-order valence-corrected chi connectivity index (χ2v) is 15.1. The molecule has 9 atom stereocenters. The predicted octanol–water partition coefficient (Wildman–Crippen LogP) is 6.11. The first kappa shape index (κ1) is 32.9. The van der Waals surface area contributed by atoms with E-state index in [0.29, 0.717) is 30.6 Å². The highest BCUT2D eigenvalue weighted by Gasteiger charge is 2.58. The summed E-state index contributed by atoms with van der Waals surface area (Å²) < 4.78 is 36.6. The Morgan fingerprint density at radius 2 is 1.82 bits per heavy atom. The zero-order valence-electron chi connectivity index (χ0n) is 28.0. The van der Waals surface area contributed by atoms with E-state index in [0.717, 1.165) is 53.9 Å². The van der Waals surface area contributed by atoms with Gasteiger partial charge in [0.25, 0.3) is 5.56 Å². The van der Waals surface area contributed by atoms with Crippen LogP contribution in [0.25, 0.3) is 0 Å². The van der Waals surface area contributed by atoms with E-state index in [1.165, 1.54) is 12.0 Å². The molecule has 0 radical (unpaired) electrons. The number of rotatable bonds is 9. The third-order valence-electron chi connectivity index (χ3n) is 12.2. The molecule has 1 aromatic heterocycles. The van der Waals surface area contributed by atoms with Gasteiger partial charge < -0.3 is 19.3 Å². The molecular formula is C36H53FN2O6. The summed E-state index contributed by atoms with van der Waals surface area (Å²) in [7, 11) is 0. The van der Waals surface area contributed by atoms with Gasteiger partial charge in [-0.15, -0.1) is 0 Å². The number of nitrogens with zero attached hydrogens (tertiary/aromatic N) is 2. The lowest BCUT2D eigenvalue weighted by Crippen LogP contribution is -2.51. The lowest BCUT2D eigenvalue weighted by atomic mass is 9.49. The number of hydrogen-bond acceptors (Lipinski definition) is 6. The molecule has 0 aromatic carbocycles. The highest BCUT2D eigenvalue weighted by molar-refractivity contribution is 5.35. The van der Waals surface area contributed by atoms with Gasteiger partial charge in [0.1, 0.15) is 18.3 Å². The van der Waals surface area contributed by atoms with Crippen LogP contribution in [0.2, 0.25) is 0 Å². The van der Waals surface area contributed by atoms with Crippen molar-refractivity contribution in [1.82, 2.24) is 9.13 Å². The average Bonchev–Trinajstić information content (AvgIpc) is 3.53. The van der Waals surface area contributed by atoms with Crippen molar-refractivity contribution in [3.63, 3.8) is 0 Å². The summed E-state index contributed by atoms with van der Waals surface area (Å²) in [4.78, 5) is 27.2. The van der Waals surface area contributed by atoms with E-state index in [2.05, 4.69) is 53.7 Å². The maximum atomic E-state index is 15.4. The molecule has 3 fully saturated rings. The molecule has 250 valence electrons. The first-order valence-electron chi connectivity index (χ1n) is 17.5. The Hall–Kier alpha value is -2.07. The zero-order chi connectivity index (χ0) is 32.3. The highest BCUT2D eigenvalue weighted by atomic mass is 19.1. The monoisotopic (exact) mass is 628 g/mol. The lowest BCUT2D eigenvalue weighted by Gasteiger charge is -2.56. The van der Waals surface area contributed by atoms with E-state index < -0.39 is 47.4 Å². The molecule has 1 saturated carbocycles. The molecule has 5 aliphatic rings. The number of aliphatic hydroxyl groups is 1. The lowest BCUT2D eigenvalue weighted by molar-refractivity contribution is -0.227. The summed E-state index contributed by atoms with van der Waals surface area (Å²) >= 11 is 0. The van der Waals surface area contributed by atoms with Crippen molar-refractivity contribution in [2.45, 2.75) is 136 Å². The standard InChI is InChI=1S/C36H53FN2O6/c1-7-14-36(15-8-2)44-30-29(20-40)43-33(31(30)45-36)39-19-28(37)32(41)38(34(39)42)18-25-13-16-35(6)26(22(25)5)11-10-24-17-23(21(3)4)9-12-27(24)35/h10,17,19,21-22,25-27,29-31,33,40H,7-9,11-16,18,20H2,1-6H3/t22-,25?,26-,27-,29+,30?,31?,33+,35-/m0/s1. The summed E-state index contributed by atoms with van der Waals surface area (Å²) in [5, 5.41) is 10.1. The smallest absolute Gasteiger partial charge is 0.333 e. The van der Waals surface area contributed by atoms with E-state index in [9.17, 15) is 14.7 Å². The molecule has 1 aromatic rings. The molecule has 3 unspecified atom stereocenters. The van der Waals surface area contributed by atoms with Crippen LogP contribution in [-0.4, -0.2) is 44.9 Å². The van der Waals surface area contributed by atoms with Gasteiger partial charge in [-0.25, -0.2) is 4.79 Å². The van der Waals surface area contributed by atoms with Gasteiger partial charge in [-0.05, 0) is 72.7 Å². The quantitative estimate of drug-likeness (QED) is 0.355. The molecule has 45 heavy (non-hydrogen) atoms. The maximum absolute atomic E-state index is 15.4. The fourth-order valence-electron chi connectivity index (χ4n) is 9.70. The summed E-state index contributed by atoms with van der Waals surface area (Å²) in [5.74, 6) is 0.0314. The Morgan fingerprint density at radius 1 is 1.11 bits per heavy atom. The Bertz CT molecular complexity index is 1440. The first-order valence-corrected chi connectivity index (χ1v) is 17.5. The topological polar surface area (TPSA) is 91.9 Å². The number of ether oxygens (including phenoxy) is 3. The van der Waals surface area contributed by atoms with Crippen molar-refractivity contribution in [2.75, 3.05) is 6.61 Å². The molecule has 6 rings (SSSR count). The summed E-state index contributed by atoms with van der Waals surface area (Å²) in [5.41, 5.74) is 1.70. The van der Waals surface area contributed by atoms with Gasteiger partial charge in [0.2, 0.25) is 5.82 Å². The minimum Gasteiger partial charge on any atom is -0.394 e. The van der Waals surface area contributed by atoms with Crippen LogP contribution in [0, 0.1) is 40.8 Å². The van der Waals surface area contributed by atoms with Crippen molar-refractivity contribution in [2.24, 2.45) is 35.0 Å². The van der Waals surface area contributed by atoms with Crippen LogP contribution in [0.5, 0.6) is 0 Å². The number of aliphatic hydroxyl groups excluding tert-OH is 1. The molecule has 3 heterocycles. The number of fused-ring (bicyclic) bond motifs is 4. The van der Waals surface area contributed by atoms with Crippen LogP contribution >= 0.6 is 0 Å². The minimum atomic E-state index is -1.01. The van der Waals surface area contributed by atoms with Gasteiger partial charge >= 0.3 is 5.69 Å². The van der Waals surface area contributed by atoms with Gasteiger partial charge in [-0.3, -0.25) is 13.9 Å². The van der Waals surface area contributed by atoms with Gasteiger partial charge in [0.05, 0.1) is 12.8 Å². The summed E-state index contributed by atoms with van der Waals surface area (Å²) in [6.07, 6.45) is 11.0. The van der Waals surface area contributed by atoms with E-state index >= 15 is 4.39 Å². The minimum absolute atomic E-state index is 0.0688. The van der Waals surface area contributed by atoms with Crippen LogP contribution < -0.4 is 11.2 Å². The van der Waals surface area contributed by atoms with Crippen molar-refractivity contribution in [3.8, 4) is 0 Å². The van der Waals surface area contributed by atoms with E-state index in [1.54, 1.807) is 5.57 Å². The molecule has 3 aliphatic carbocycles. The van der Waals surface area contributed by atoms with E-state index in [4.69, 9.17) is 14.2 Å². The third-order valence-corrected chi connectivity index (χ3v) is 12.2. The van der Waals surface area contributed by atoms with Crippen LogP contribution in [0.15, 0.2) is 39.1 Å². The maximum Gasteiger partial charge on any atom is 0.333 e.